The first kappa shape index (κ1) is 29.8. The van der Waals surface area contributed by atoms with Crippen molar-refractivity contribution in [3.8, 4) is 0 Å². The van der Waals surface area contributed by atoms with Gasteiger partial charge in [-0.25, -0.2) is 9.46 Å². The summed E-state index contributed by atoms with van der Waals surface area (Å²) in [5, 5.41) is 0. The summed E-state index contributed by atoms with van der Waals surface area (Å²) in [6.45, 7) is 12.1. The minimum atomic E-state index is -0.344. The van der Waals surface area contributed by atoms with Crippen molar-refractivity contribution in [2.75, 3.05) is 26.7 Å². The molecule has 0 aromatic heterocycles. The summed E-state index contributed by atoms with van der Waals surface area (Å²) >= 11 is 2.70. The van der Waals surface area contributed by atoms with E-state index in [1.54, 1.807) is 19.7 Å². The summed E-state index contributed by atoms with van der Waals surface area (Å²) in [7, 11) is 2.41. The maximum Gasteiger partial charge on any atom is 0.180 e. The van der Waals surface area contributed by atoms with Gasteiger partial charge >= 0.3 is 0 Å². The Morgan fingerprint density at radius 3 is 1.53 bits per heavy atom. The number of rotatable bonds is 13. The summed E-state index contributed by atoms with van der Waals surface area (Å²) in [5.74, 6) is 1.70. The molecule has 2 saturated heterocycles. The SMILES string of the molecule is CCC1CCC(C)[SiH2]N(OCOSSSSOCON2CCC(CC)CCC(C)[SiH2]2)CC1. The Hall–Kier alpha value is 1.59. The van der Waals surface area contributed by atoms with Crippen molar-refractivity contribution in [1.82, 2.24) is 9.46 Å². The second-order valence-electron chi connectivity index (χ2n) is 9.27. The lowest BCUT2D eigenvalue weighted by molar-refractivity contribution is -0.143. The normalized spacial score (nSPS) is 30.8. The molecule has 6 nitrogen and oxygen atoms in total. The van der Waals surface area contributed by atoms with Crippen LogP contribution in [0.5, 0.6) is 0 Å². The van der Waals surface area contributed by atoms with Crippen LogP contribution < -0.4 is 0 Å². The van der Waals surface area contributed by atoms with Gasteiger partial charge in [-0.05, 0) is 35.8 Å². The first-order valence-electron chi connectivity index (χ1n) is 12.3. The summed E-state index contributed by atoms with van der Waals surface area (Å²) in [5.41, 5.74) is 1.63. The van der Waals surface area contributed by atoms with E-state index in [9.17, 15) is 0 Å². The second-order valence-corrected chi connectivity index (χ2v) is 19.3. The minimum Gasteiger partial charge on any atom is -0.277 e. The molecule has 0 aliphatic carbocycles. The largest absolute Gasteiger partial charge is 0.277 e. The van der Waals surface area contributed by atoms with Gasteiger partial charge < -0.3 is 0 Å². The fourth-order valence-corrected chi connectivity index (χ4v) is 10.9. The lowest BCUT2D eigenvalue weighted by Gasteiger charge is -2.30. The first-order chi connectivity index (χ1) is 15.6. The van der Waals surface area contributed by atoms with Crippen LogP contribution in [0.25, 0.3) is 0 Å². The molecule has 0 aromatic carbocycles. The molecule has 2 rings (SSSR count). The van der Waals surface area contributed by atoms with Crippen LogP contribution in [-0.4, -0.2) is 55.5 Å². The molecule has 2 fully saturated rings. The maximum absolute atomic E-state index is 5.91. The monoisotopic (exact) mass is 560 g/mol. The fraction of sp³-hybridized carbons (Fsp3) is 1.00. The average Bonchev–Trinajstić information content (AvgIpc) is 2.76. The Bertz CT molecular complexity index is 439. The van der Waals surface area contributed by atoms with Gasteiger partial charge in [0.15, 0.2) is 13.6 Å². The van der Waals surface area contributed by atoms with Crippen molar-refractivity contribution in [1.29, 1.82) is 0 Å². The van der Waals surface area contributed by atoms with Gasteiger partial charge in [-0.15, -0.1) is 0 Å². The lowest BCUT2D eigenvalue weighted by atomic mass is 9.96. The fourth-order valence-electron chi connectivity index (χ4n) is 4.39. The van der Waals surface area contributed by atoms with E-state index in [0.717, 1.165) is 36.0 Å². The predicted molar refractivity (Wildman–Crippen MR) is 149 cm³/mol. The number of nitrogens with zero attached hydrogens (tertiary/aromatic N) is 2. The van der Waals surface area contributed by atoms with Gasteiger partial charge in [-0.2, -0.15) is 0 Å². The van der Waals surface area contributed by atoms with E-state index in [-0.39, 0.29) is 19.4 Å². The zero-order valence-corrected chi connectivity index (χ0v) is 26.5. The van der Waals surface area contributed by atoms with E-state index < -0.39 is 0 Å². The van der Waals surface area contributed by atoms with Crippen molar-refractivity contribution in [3.63, 3.8) is 0 Å². The molecule has 0 bridgehead atoms. The van der Waals surface area contributed by atoms with E-state index in [0.29, 0.717) is 13.6 Å². The third-order valence-electron chi connectivity index (χ3n) is 6.64. The summed E-state index contributed by atoms with van der Waals surface area (Å²) in [6, 6.07) is 0. The molecular formula is C20H44N2O4S4Si2. The van der Waals surface area contributed by atoms with Crippen LogP contribution in [0.4, 0.5) is 0 Å². The van der Waals surface area contributed by atoms with Crippen LogP contribution in [0.2, 0.25) is 11.1 Å². The highest BCUT2D eigenvalue weighted by atomic mass is 33.7. The molecule has 2 aliphatic rings. The van der Waals surface area contributed by atoms with Gasteiger partial charge in [0.05, 0.1) is 22.1 Å². The highest BCUT2D eigenvalue weighted by Gasteiger charge is 2.20. The average molecular weight is 561 g/mol. The zero-order valence-electron chi connectivity index (χ0n) is 20.4. The Morgan fingerprint density at radius 2 is 1.12 bits per heavy atom. The Labute approximate surface area is 216 Å². The Kier molecular flexibility index (Phi) is 17.5. The van der Waals surface area contributed by atoms with Crippen LogP contribution >= 0.6 is 41.8 Å². The molecule has 0 N–H and O–H groups in total. The zero-order chi connectivity index (χ0) is 23.0. The topological polar surface area (TPSA) is 43.4 Å². The molecule has 0 aromatic rings. The van der Waals surface area contributed by atoms with Crippen LogP contribution in [0.3, 0.4) is 0 Å². The van der Waals surface area contributed by atoms with E-state index in [1.807, 2.05) is 0 Å². The van der Waals surface area contributed by atoms with Crippen molar-refractivity contribution < 1.29 is 18.0 Å². The van der Waals surface area contributed by atoms with Crippen molar-refractivity contribution in [3.05, 3.63) is 0 Å². The van der Waals surface area contributed by atoms with Crippen molar-refractivity contribution in [2.24, 2.45) is 11.8 Å². The van der Waals surface area contributed by atoms with Crippen LogP contribution in [0.15, 0.2) is 0 Å². The predicted octanol–water partition coefficient (Wildman–Crippen LogP) is 6.11. The van der Waals surface area contributed by atoms with Crippen LogP contribution in [0.1, 0.15) is 79.1 Å². The maximum atomic E-state index is 5.91. The first-order valence-corrected chi connectivity index (χ1v) is 19.8. The molecule has 4 unspecified atom stereocenters. The molecule has 2 heterocycles. The lowest BCUT2D eigenvalue weighted by Crippen LogP contribution is -2.34. The van der Waals surface area contributed by atoms with Gasteiger partial charge in [-0.1, -0.05) is 66.2 Å². The molecule has 4 atom stereocenters. The molecule has 0 amide bonds. The number of hydroxylamine groups is 2. The molecule has 190 valence electrons. The van der Waals surface area contributed by atoms with Gasteiger partial charge in [0.25, 0.3) is 0 Å². The molecule has 0 radical (unpaired) electrons. The highest BCUT2D eigenvalue weighted by molar-refractivity contribution is 9.25. The van der Waals surface area contributed by atoms with Crippen LogP contribution in [-0.2, 0) is 18.0 Å². The van der Waals surface area contributed by atoms with E-state index in [4.69, 9.17) is 18.0 Å². The molecule has 0 saturated carbocycles. The quantitative estimate of drug-likeness (QED) is 0.0866. The third kappa shape index (κ3) is 13.6. The third-order valence-corrected chi connectivity index (χ3v) is 15.1. The Morgan fingerprint density at radius 1 is 0.688 bits per heavy atom. The molecule has 12 heteroatoms. The highest BCUT2D eigenvalue weighted by Crippen LogP contribution is 2.43. The molecule has 32 heavy (non-hydrogen) atoms. The summed E-state index contributed by atoms with van der Waals surface area (Å²) in [6.07, 6.45) is 10.6. The standard InChI is InChI=1S/C20H44N2O4S4Si2/c1-5-19-9-7-17(3)31-21(13-11-19)23-15-25-27-29-30-28-26-16-24-22-14-12-20(6-2)10-8-18(4)32-22/h17-20H,5-16,31-32H2,1-4H3. The van der Waals surface area contributed by atoms with Gasteiger partial charge in [0.2, 0.25) is 0 Å². The van der Waals surface area contributed by atoms with E-state index in [2.05, 4.69) is 37.2 Å². The van der Waals surface area contributed by atoms with Gasteiger partial charge in [0.1, 0.15) is 19.4 Å². The molecule has 2 aliphatic heterocycles. The summed E-state index contributed by atoms with van der Waals surface area (Å²) < 4.78 is 15.6. The molecule has 0 spiro atoms. The van der Waals surface area contributed by atoms with Gasteiger partial charge in [0, 0.05) is 32.7 Å². The van der Waals surface area contributed by atoms with Gasteiger partial charge in [-0.3, -0.25) is 18.0 Å². The molecular weight excluding hydrogens is 517 g/mol. The smallest absolute Gasteiger partial charge is 0.180 e. The van der Waals surface area contributed by atoms with Crippen molar-refractivity contribution >= 4 is 61.2 Å². The Balaban J connectivity index is 1.44. The minimum absolute atomic E-state index is 0.319. The number of hydrogen-bond donors (Lipinski definition) is 0. The van der Waals surface area contributed by atoms with E-state index in [1.165, 1.54) is 73.5 Å². The summed E-state index contributed by atoms with van der Waals surface area (Å²) in [4.78, 5) is 11.8. The van der Waals surface area contributed by atoms with E-state index >= 15 is 0 Å². The number of hydrogen-bond acceptors (Lipinski definition) is 10. The van der Waals surface area contributed by atoms with Crippen molar-refractivity contribution in [2.45, 2.75) is 90.1 Å². The van der Waals surface area contributed by atoms with Crippen LogP contribution in [0, 0.1) is 11.8 Å². The second kappa shape index (κ2) is 18.8.